The number of fused-ring (bicyclic) bond motifs is 3. The van der Waals surface area contributed by atoms with Crippen LogP contribution in [0.3, 0.4) is 0 Å². The lowest BCUT2D eigenvalue weighted by Gasteiger charge is -2.35. The highest BCUT2D eigenvalue weighted by Gasteiger charge is 2.35. The second kappa shape index (κ2) is 4.50. The fourth-order valence-electron chi connectivity index (χ4n) is 3.78. The van der Waals surface area contributed by atoms with Gasteiger partial charge in [0.1, 0.15) is 0 Å². The van der Waals surface area contributed by atoms with E-state index in [1.54, 1.807) is 11.1 Å². The lowest BCUT2D eigenvalue weighted by Crippen LogP contribution is -2.31. The van der Waals surface area contributed by atoms with Crippen molar-refractivity contribution in [1.29, 1.82) is 0 Å². The molecule has 96 valence electrons. The first-order chi connectivity index (χ1) is 9.42. The van der Waals surface area contributed by atoms with Crippen molar-refractivity contribution >= 4 is 0 Å². The van der Waals surface area contributed by atoms with E-state index in [0.29, 0.717) is 6.04 Å². The number of rotatable bonds is 1. The third kappa shape index (κ3) is 1.89. The Morgan fingerprint density at radius 2 is 1.68 bits per heavy atom. The molecule has 0 aliphatic carbocycles. The van der Waals surface area contributed by atoms with Gasteiger partial charge in [-0.15, -0.1) is 0 Å². The Hall–Kier alpha value is -1.60. The fraction of sp³-hybridized carbons (Fsp3) is 0.333. The van der Waals surface area contributed by atoms with E-state index in [4.69, 9.17) is 0 Å². The van der Waals surface area contributed by atoms with Crippen LogP contribution in [-0.2, 0) is 6.54 Å². The predicted octanol–water partition coefficient (Wildman–Crippen LogP) is 4.12. The summed E-state index contributed by atoms with van der Waals surface area (Å²) in [5, 5.41) is 0. The molecule has 19 heavy (non-hydrogen) atoms. The SMILES string of the molecule is c1ccc([C@H]2CCN3Cc4ccccc4[C@@H]3C2)cc1. The topological polar surface area (TPSA) is 3.24 Å². The third-order valence-electron chi connectivity index (χ3n) is 4.77. The van der Waals surface area contributed by atoms with E-state index in [2.05, 4.69) is 59.5 Å². The molecule has 2 aromatic carbocycles. The largest absolute Gasteiger partial charge is 0.292 e. The number of hydrogen-bond donors (Lipinski definition) is 0. The summed E-state index contributed by atoms with van der Waals surface area (Å²) in [6.45, 7) is 2.39. The van der Waals surface area contributed by atoms with Crippen molar-refractivity contribution in [2.24, 2.45) is 0 Å². The maximum atomic E-state index is 2.66. The summed E-state index contributed by atoms with van der Waals surface area (Å²) in [6.07, 6.45) is 2.58. The maximum absolute atomic E-state index is 2.66. The summed E-state index contributed by atoms with van der Waals surface area (Å²) >= 11 is 0. The van der Waals surface area contributed by atoms with Crippen molar-refractivity contribution in [3.63, 3.8) is 0 Å². The number of piperidine rings is 1. The molecule has 0 amide bonds. The van der Waals surface area contributed by atoms with E-state index in [1.807, 2.05) is 0 Å². The molecule has 0 radical (unpaired) electrons. The summed E-state index contributed by atoms with van der Waals surface area (Å²) < 4.78 is 0. The molecule has 0 unspecified atom stereocenters. The summed E-state index contributed by atoms with van der Waals surface area (Å²) in [7, 11) is 0. The first kappa shape index (κ1) is 11.2. The zero-order valence-electron chi connectivity index (χ0n) is 11.1. The lowest BCUT2D eigenvalue weighted by molar-refractivity contribution is 0.149. The zero-order valence-corrected chi connectivity index (χ0v) is 11.1. The van der Waals surface area contributed by atoms with Crippen LogP contribution in [0.2, 0.25) is 0 Å². The van der Waals surface area contributed by atoms with Gasteiger partial charge in [0.2, 0.25) is 0 Å². The van der Waals surface area contributed by atoms with E-state index >= 15 is 0 Å². The van der Waals surface area contributed by atoms with Crippen molar-refractivity contribution < 1.29 is 0 Å². The molecular formula is C18H19N. The highest BCUT2D eigenvalue weighted by Crippen LogP contribution is 2.44. The van der Waals surface area contributed by atoms with Gasteiger partial charge in [0.15, 0.2) is 0 Å². The van der Waals surface area contributed by atoms with Gasteiger partial charge in [-0.1, -0.05) is 54.6 Å². The number of benzene rings is 2. The Labute approximate surface area is 114 Å². The predicted molar refractivity (Wildman–Crippen MR) is 78.0 cm³/mol. The van der Waals surface area contributed by atoms with Gasteiger partial charge in [0, 0.05) is 12.6 Å². The van der Waals surface area contributed by atoms with Crippen LogP contribution in [0.5, 0.6) is 0 Å². The molecule has 2 aromatic rings. The Kier molecular flexibility index (Phi) is 2.66. The van der Waals surface area contributed by atoms with E-state index in [9.17, 15) is 0 Å². The van der Waals surface area contributed by atoms with E-state index in [0.717, 1.165) is 12.5 Å². The number of nitrogens with zero attached hydrogens (tertiary/aromatic N) is 1. The molecule has 1 fully saturated rings. The van der Waals surface area contributed by atoms with Crippen LogP contribution in [0, 0.1) is 0 Å². The molecule has 2 atom stereocenters. The van der Waals surface area contributed by atoms with Gasteiger partial charge in [-0.25, -0.2) is 0 Å². The van der Waals surface area contributed by atoms with Crippen molar-refractivity contribution in [2.75, 3.05) is 6.54 Å². The van der Waals surface area contributed by atoms with E-state index < -0.39 is 0 Å². The molecule has 1 nitrogen and oxygen atoms in total. The third-order valence-corrected chi connectivity index (χ3v) is 4.77. The molecule has 0 spiro atoms. The van der Waals surface area contributed by atoms with Crippen LogP contribution in [0.4, 0.5) is 0 Å². The summed E-state index contributed by atoms with van der Waals surface area (Å²) in [4.78, 5) is 2.66. The first-order valence-electron chi connectivity index (χ1n) is 7.28. The van der Waals surface area contributed by atoms with Crippen LogP contribution in [0.1, 0.15) is 41.5 Å². The molecule has 1 saturated heterocycles. The normalized spacial score (nSPS) is 25.9. The molecular weight excluding hydrogens is 230 g/mol. The summed E-state index contributed by atoms with van der Waals surface area (Å²) in [6, 6.07) is 20.7. The average molecular weight is 249 g/mol. The standard InChI is InChI=1S/C18H19N/c1-2-6-14(7-3-1)15-10-11-19-13-16-8-4-5-9-17(16)18(19)12-15/h1-9,15,18H,10-13H2/t15-,18-/m0/s1. The van der Waals surface area contributed by atoms with Gasteiger partial charge in [0.25, 0.3) is 0 Å². The highest BCUT2D eigenvalue weighted by atomic mass is 15.2. The molecule has 2 aliphatic rings. The van der Waals surface area contributed by atoms with Gasteiger partial charge in [-0.2, -0.15) is 0 Å². The van der Waals surface area contributed by atoms with Crippen molar-refractivity contribution in [3.05, 3.63) is 71.3 Å². The second-order valence-electron chi connectivity index (χ2n) is 5.82. The molecule has 1 heteroatoms. The van der Waals surface area contributed by atoms with Crippen LogP contribution in [0.15, 0.2) is 54.6 Å². The van der Waals surface area contributed by atoms with Crippen molar-refractivity contribution in [1.82, 2.24) is 4.90 Å². The molecule has 0 bridgehead atoms. The minimum absolute atomic E-state index is 0.648. The average Bonchev–Trinajstić information content (AvgIpc) is 2.86. The fourth-order valence-corrected chi connectivity index (χ4v) is 3.78. The Morgan fingerprint density at radius 3 is 2.58 bits per heavy atom. The number of hydrogen-bond acceptors (Lipinski definition) is 1. The van der Waals surface area contributed by atoms with Crippen LogP contribution in [-0.4, -0.2) is 11.4 Å². The minimum atomic E-state index is 0.648. The summed E-state index contributed by atoms with van der Waals surface area (Å²) in [5.41, 5.74) is 4.64. The van der Waals surface area contributed by atoms with Crippen LogP contribution in [0.25, 0.3) is 0 Å². The molecule has 2 heterocycles. The molecule has 2 aliphatic heterocycles. The monoisotopic (exact) mass is 249 g/mol. The van der Waals surface area contributed by atoms with Crippen molar-refractivity contribution in [2.45, 2.75) is 31.3 Å². The first-order valence-corrected chi connectivity index (χ1v) is 7.28. The van der Waals surface area contributed by atoms with Gasteiger partial charge >= 0.3 is 0 Å². The van der Waals surface area contributed by atoms with Gasteiger partial charge in [0.05, 0.1) is 0 Å². The lowest BCUT2D eigenvalue weighted by atomic mass is 9.84. The quantitative estimate of drug-likeness (QED) is 0.735. The summed E-state index contributed by atoms with van der Waals surface area (Å²) in [5.74, 6) is 0.730. The Balaban J connectivity index is 1.63. The molecule has 4 rings (SSSR count). The van der Waals surface area contributed by atoms with E-state index in [-0.39, 0.29) is 0 Å². The van der Waals surface area contributed by atoms with Crippen molar-refractivity contribution in [3.8, 4) is 0 Å². The van der Waals surface area contributed by atoms with Gasteiger partial charge in [-0.05, 0) is 42.0 Å². The van der Waals surface area contributed by atoms with Crippen LogP contribution >= 0.6 is 0 Å². The van der Waals surface area contributed by atoms with Crippen LogP contribution < -0.4 is 0 Å². The van der Waals surface area contributed by atoms with E-state index in [1.165, 1.54) is 24.9 Å². The Bertz CT molecular complexity index is 575. The Morgan fingerprint density at radius 1 is 0.895 bits per heavy atom. The molecule has 0 saturated carbocycles. The molecule has 0 N–H and O–H groups in total. The highest BCUT2D eigenvalue weighted by molar-refractivity contribution is 5.35. The van der Waals surface area contributed by atoms with Gasteiger partial charge < -0.3 is 0 Å². The van der Waals surface area contributed by atoms with Gasteiger partial charge in [-0.3, -0.25) is 4.90 Å². The molecule has 0 aromatic heterocycles. The second-order valence-corrected chi connectivity index (χ2v) is 5.82. The maximum Gasteiger partial charge on any atom is 0.0360 e. The zero-order chi connectivity index (χ0) is 12.7. The smallest absolute Gasteiger partial charge is 0.0360 e. The minimum Gasteiger partial charge on any atom is -0.292 e.